The van der Waals surface area contributed by atoms with E-state index >= 15 is 0 Å². The second-order valence-electron chi connectivity index (χ2n) is 5.78. The molecule has 2 fully saturated rings. The van der Waals surface area contributed by atoms with E-state index in [0.29, 0.717) is 5.75 Å². The predicted molar refractivity (Wildman–Crippen MR) is 69.0 cm³/mol. The van der Waals surface area contributed by atoms with E-state index in [9.17, 15) is 8.42 Å². The molecule has 1 atom stereocenters. The van der Waals surface area contributed by atoms with E-state index in [4.69, 9.17) is 5.73 Å². The molecule has 0 spiro atoms. The fourth-order valence-corrected chi connectivity index (χ4v) is 4.30. The quantitative estimate of drug-likeness (QED) is 0.874. The Morgan fingerprint density at radius 1 is 1.50 bits per heavy atom. The molecule has 18 heavy (non-hydrogen) atoms. The SMILES string of the molecule is NC1(Cc2cnn(C3CCCS(=O)(=O)C3)c2)CC1. The third-order valence-electron chi connectivity index (χ3n) is 3.92. The van der Waals surface area contributed by atoms with Crippen LogP contribution in [0.3, 0.4) is 0 Å². The summed E-state index contributed by atoms with van der Waals surface area (Å²) >= 11 is 0. The van der Waals surface area contributed by atoms with Crippen LogP contribution in [0.25, 0.3) is 0 Å². The Kier molecular flexibility index (Phi) is 2.75. The maximum Gasteiger partial charge on any atom is 0.152 e. The van der Waals surface area contributed by atoms with Crippen LogP contribution in [-0.4, -0.2) is 35.2 Å². The van der Waals surface area contributed by atoms with Gasteiger partial charge in [-0.25, -0.2) is 8.42 Å². The molecule has 2 heterocycles. The minimum Gasteiger partial charge on any atom is -0.325 e. The first kappa shape index (κ1) is 12.2. The van der Waals surface area contributed by atoms with Gasteiger partial charge in [-0.3, -0.25) is 4.68 Å². The fraction of sp³-hybridized carbons (Fsp3) is 0.750. The number of nitrogens with two attached hydrogens (primary N) is 1. The number of hydrogen-bond acceptors (Lipinski definition) is 4. The van der Waals surface area contributed by atoms with Crippen molar-refractivity contribution in [3.05, 3.63) is 18.0 Å². The predicted octanol–water partition coefficient (Wildman–Crippen LogP) is 0.667. The highest BCUT2D eigenvalue weighted by molar-refractivity contribution is 7.91. The van der Waals surface area contributed by atoms with Crippen LogP contribution in [0.1, 0.15) is 37.3 Å². The second-order valence-corrected chi connectivity index (χ2v) is 8.01. The molecular formula is C12H19N3O2S. The van der Waals surface area contributed by atoms with Crippen molar-refractivity contribution in [1.82, 2.24) is 9.78 Å². The lowest BCUT2D eigenvalue weighted by Gasteiger charge is -2.22. The molecular weight excluding hydrogens is 250 g/mol. The Balaban J connectivity index is 1.72. The summed E-state index contributed by atoms with van der Waals surface area (Å²) in [6, 6.07) is 0.00503. The molecule has 1 aromatic rings. The standard InChI is InChI=1S/C12H19N3O2S/c13-12(3-4-12)6-10-7-14-15(8-10)11-2-1-5-18(16,17)9-11/h7-8,11H,1-6,9,13H2. The third kappa shape index (κ3) is 2.59. The average molecular weight is 269 g/mol. The molecule has 1 aromatic heterocycles. The number of hydrogen-bond donors (Lipinski definition) is 1. The van der Waals surface area contributed by atoms with Crippen LogP contribution in [0.15, 0.2) is 12.4 Å². The van der Waals surface area contributed by atoms with Crippen molar-refractivity contribution < 1.29 is 8.42 Å². The molecule has 0 aromatic carbocycles. The van der Waals surface area contributed by atoms with Crippen molar-refractivity contribution in [2.45, 2.75) is 43.7 Å². The Bertz CT molecular complexity index is 545. The molecule has 2 N–H and O–H groups in total. The highest BCUT2D eigenvalue weighted by Crippen LogP contribution is 2.35. The van der Waals surface area contributed by atoms with Crippen LogP contribution in [0.2, 0.25) is 0 Å². The van der Waals surface area contributed by atoms with Crippen LogP contribution in [0, 0.1) is 0 Å². The van der Waals surface area contributed by atoms with Crippen LogP contribution in [0.4, 0.5) is 0 Å². The zero-order valence-electron chi connectivity index (χ0n) is 10.4. The highest BCUT2D eigenvalue weighted by Gasteiger charge is 2.38. The maximum absolute atomic E-state index is 11.6. The van der Waals surface area contributed by atoms with Gasteiger partial charge in [-0.2, -0.15) is 5.10 Å². The van der Waals surface area contributed by atoms with Crippen molar-refractivity contribution in [1.29, 1.82) is 0 Å². The van der Waals surface area contributed by atoms with Gasteiger partial charge in [0.05, 0.1) is 23.7 Å². The summed E-state index contributed by atoms with van der Waals surface area (Å²) in [4.78, 5) is 0. The average Bonchev–Trinajstić information content (AvgIpc) is 2.84. The summed E-state index contributed by atoms with van der Waals surface area (Å²) in [7, 11) is -2.88. The molecule has 1 saturated heterocycles. The zero-order chi connectivity index (χ0) is 12.8. The van der Waals surface area contributed by atoms with Gasteiger partial charge in [-0.15, -0.1) is 0 Å². The summed E-state index contributed by atoms with van der Waals surface area (Å²) in [5.74, 6) is 0.547. The summed E-state index contributed by atoms with van der Waals surface area (Å²) in [6.07, 6.45) is 8.45. The van der Waals surface area contributed by atoms with Crippen molar-refractivity contribution in [2.24, 2.45) is 5.73 Å². The lowest BCUT2D eigenvalue weighted by Crippen LogP contribution is -2.28. The van der Waals surface area contributed by atoms with Crippen LogP contribution in [0.5, 0.6) is 0 Å². The van der Waals surface area contributed by atoms with Gasteiger partial charge in [0.1, 0.15) is 0 Å². The lowest BCUT2D eigenvalue weighted by atomic mass is 10.1. The van der Waals surface area contributed by atoms with E-state index in [0.717, 1.165) is 37.7 Å². The topological polar surface area (TPSA) is 78.0 Å². The zero-order valence-corrected chi connectivity index (χ0v) is 11.2. The summed E-state index contributed by atoms with van der Waals surface area (Å²) in [6.45, 7) is 0. The molecule has 2 aliphatic rings. The monoisotopic (exact) mass is 269 g/mol. The van der Waals surface area contributed by atoms with Gasteiger partial charge in [-0.05, 0) is 37.7 Å². The van der Waals surface area contributed by atoms with Crippen molar-refractivity contribution in [3.8, 4) is 0 Å². The van der Waals surface area contributed by atoms with Gasteiger partial charge in [0.25, 0.3) is 0 Å². The number of rotatable bonds is 3. The molecule has 0 amide bonds. The Labute approximate surface area is 107 Å². The number of sulfone groups is 1. The number of nitrogens with zero attached hydrogens (tertiary/aromatic N) is 2. The van der Waals surface area contributed by atoms with E-state index in [1.165, 1.54) is 0 Å². The second kappa shape index (κ2) is 4.06. The molecule has 3 rings (SSSR count). The molecule has 1 aliphatic heterocycles. The first-order valence-corrected chi connectivity index (χ1v) is 8.30. The van der Waals surface area contributed by atoms with E-state index in [2.05, 4.69) is 5.10 Å². The van der Waals surface area contributed by atoms with Crippen LogP contribution >= 0.6 is 0 Å². The molecule has 6 heteroatoms. The first-order chi connectivity index (χ1) is 8.46. The Morgan fingerprint density at radius 3 is 2.94 bits per heavy atom. The van der Waals surface area contributed by atoms with E-state index in [-0.39, 0.29) is 17.3 Å². The fourth-order valence-electron chi connectivity index (χ4n) is 2.62. The van der Waals surface area contributed by atoms with Crippen molar-refractivity contribution in [3.63, 3.8) is 0 Å². The molecule has 0 bridgehead atoms. The summed E-state index contributed by atoms with van der Waals surface area (Å²) in [5, 5.41) is 4.31. The molecule has 1 saturated carbocycles. The molecule has 0 radical (unpaired) electrons. The maximum atomic E-state index is 11.6. The third-order valence-corrected chi connectivity index (χ3v) is 5.72. The molecule has 100 valence electrons. The van der Waals surface area contributed by atoms with Gasteiger partial charge in [-0.1, -0.05) is 0 Å². The Morgan fingerprint density at radius 2 is 2.28 bits per heavy atom. The minimum atomic E-state index is -2.88. The normalized spacial score (nSPS) is 29.1. The van der Waals surface area contributed by atoms with Gasteiger partial charge < -0.3 is 5.73 Å². The molecule has 1 unspecified atom stereocenters. The highest BCUT2D eigenvalue weighted by atomic mass is 32.2. The van der Waals surface area contributed by atoms with Gasteiger partial charge >= 0.3 is 0 Å². The van der Waals surface area contributed by atoms with Crippen LogP contribution < -0.4 is 5.73 Å². The number of aromatic nitrogens is 2. The van der Waals surface area contributed by atoms with Crippen molar-refractivity contribution in [2.75, 3.05) is 11.5 Å². The summed E-state index contributed by atoms with van der Waals surface area (Å²) in [5.41, 5.74) is 7.18. The summed E-state index contributed by atoms with van der Waals surface area (Å²) < 4.78 is 25.1. The van der Waals surface area contributed by atoms with E-state index in [1.54, 1.807) is 0 Å². The molecule has 5 nitrogen and oxygen atoms in total. The van der Waals surface area contributed by atoms with Crippen molar-refractivity contribution >= 4 is 9.84 Å². The minimum absolute atomic E-state index is 0.00503. The van der Waals surface area contributed by atoms with Gasteiger partial charge in [0.2, 0.25) is 0 Å². The Hall–Kier alpha value is -0.880. The van der Waals surface area contributed by atoms with Crippen LogP contribution in [-0.2, 0) is 16.3 Å². The molecule has 1 aliphatic carbocycles. The largest absolute Gasteiger partial charge is 0.325 e. The van der Waals surface area contributed by atoms with Gasteiger partial charge in [0.15, 0.2) is 9.84 Å². The first-order valence-electron chi connectivity index (χ1n) is 6.48. The van der Waals surface area contributed by atoms with Gasteiger partial charge in [0, 0.05) is 11.7 Å². The van der Waals surface area contributed by atoms with E-state index in [1.807, 2.05) is 17.1 Å². The smallest absolute Gasteiger partial charge is 0.152 e. The van der Waals surface area contributed by atoms with E-state index < -0.39 is 9.84 Å². The lowest BCUT2D eigenvalue weighted by molar-refractivity contribution is 0.434.